The highest BCUT2D eigenvalue weighted by Gasteiger charge is 2.46. The quantitative estimate of drug-likeness (QED) is 0.474. The predicted molar refractivity (Wildman–Crippen MR) is 61.0 cm³/mol. The zero-order valence-electron chi connectivity index (χ0n) is 8.81. The van der Waals surface area contributed by atoms with Gasteiger partial charge in [-0.15, -0.1) is 0 Å². The Hall–Kier alpha value is -0.170. The van der Waals surface area contributed by atoms with Gasteiger partial charge in [-0.25, -0.2) is 0 Å². The average molecular weight is 194 g/mol. The first-order valence-electron chi connectivity index (χ1n) is 5.22. The van der Waals surface area contributed by atoms with Gasteiger partial charge in [0.15, 0.2) is 0 Å². The molecule has 0 spiro atoms. The molecule has 0 nitrogen and oxygen atoms in total. The molecule has 3 aliphatic carbocycles. The highest BCUT2D eigenvalue weighted by molar-refractivity contribution is 7.80. The van der Waals surface area contributed by atoms with Crippen LogP contribution in [0.1, 0.15) is 46.5 Å². The lowest BCUT2D eigenvalue weighted by Gasteiger charge is -2.53. The molecule has 0 radical (unpaired) electrons. The van der Waals surface area contributed by atoms with Crippen molar-refractivity contribution in [1.82, 2.24) is 0 Å². The van der Waals surface area contributed by atoms with Gasteiger partial charge in [0.25, 0.3) is 0 Å². The van der Waals surface area contributed by atoms with Gasteiger partial charge < -0.3 is 0 Å². The van der Waals surface area contributed by atoms with E-state index in [9.17, 15) is 0 Å². The third kappa shape index (κ3) is 1.38. The first-order valence-corrected chi connectivity index (χ1v) is 5.63. The fraction of sp³-hybridized carbons (Fsp3) is 0.750. The summed E-state index contributed by atoms with van der Waals surface area (Å²) in [4.78, 5) is 1.16. The molecule has 1 heteroatoms. The third-order valence-electron chi connectivity index (χ3n) is 3.93. The van der Waals surface area contributed by atoms with Crippen LogP contribution in [0.15, 0.2) is 11.1 Å². The van der Waals surface area contributed by atoms with E-state index < -0.39 is 0 Å². The molecule has 0 N–H and O–H groups in total. The molecule has 0 amide bonds. The Morgan fingerprint density at radius 1 is 1.54 bits per heavy atom. The van der Waals surface area contributed by atoms with E-state index in [1.807, 2.05) is 0 Å². The summed E-state index contributed by atoms with van der Waals surface area (Å²) in [5.41, 5.74) is 3.91. The maximum Gasteiger partial charge on any atom is -0.000307 e. The smallest absolute Gasteiger partial charge is 0.000307 e. The maximum atomic E-state index is 5.19. The number of thiocarbonyl (C=S) groups is 1. The molecule has 72 valence electrons. The minimum Gasteiger partial charge on any atom is -0.0896 e. The highest BCUT2D eigenvalue weighted by atomic mass is 32.1. The van der Waals surface area contributed by atoms with Crippen molar-refractivity contribution in [2.45, 2.75) is 46.5 Å². The summed E-state index contributed by atoms with van der Waals surface area (Å²) in [5.74, 6) is 0.969. The van der Waals surface area contributed by atoms with Gasteiger partial charge in [-0.3, -0.25) is 0 Å². The fourth-order valence-corrected chi connectivity index (χ4v) is 3.11. The van der Waals surface area contributed by atoms with Crippen molar-refractivity contribution < 1.29 is 0 Å². The molecule has 3 aliphatic rings. The minimum absolute atomic E-state index is 0.512. The van der Waals surface area contributed by atoms with Crippen molar-refractivity contribution in [1.29, 1.82) is 0 Å². The molecule has 1 unspecified atom stereocenters. The van der Waals surface area contributed by atoms with Gasteiger partial charge in [0.05, 0.1) is 0 Å². The van der Waals surface area contributed by atoms with E-state index in [0.29, 0.717) is 5.41 Å². The summed E-state index contributed by atoms with van der Waals surface area (Å²) in [6, 6.07) is 0. The lowest BCUT2D eigenvalue weighted by molar-refractivity contribution is 0.132. The van der Waals surface area contributed by atoms with Crippen molar-refractivity contribution in [3.63, 3.8) is 0 Å². The van der Waals surface area contributed by atoms with Crippen LogP contribution in [0.2, 0.25) is 0 Å². The number of allylic oxidation sites excluding steroid dienone is 2. The van der Waals surface area contributed by atoms with E-state index in [2.05, 4.69) is 20.8 Å². The summed E-state index contributed by atoms with van der Waals surface area (Å²) in [6.45, 7) is 6.86. The van der Waals surface area contributed by atoms with Crippen molar-refractivity contribution in [2.75, 3.05) is 0 Å². The summed E-state index contributed by atoms with van der Waals surface area (Å²) in [5, 5.41) is 0. The summed E-state index contributed by atoms with van der Waals surface area (Å²) >= 11 is 5.19. The fourth-order valence-electron chi connectivity index (χ4n) is 2.94. The van der Waals surface area contributed by atoms with Gasteiger partial charge in [0, 0.05) is 0 Å². The molecule has 1 atom stereocenters. The third-order valence-corrected chi connectivity index (χ3v) is 4.08. The summed E-state index contributed by atoms with van der Waals surface area (Å²) in [7, 11) is 0. The molecular formula is C12H18S. The molecular weight excluding hydrogens is 176 g/mol. The van der Waals surface area contributed by atoms with Crippen molar-refractivity contribution in [3.05, 3.63) is 11.1 Å². The van der Waals surface area contributed by atoms with E-state index in [1.54, 1.807) is 11.1 Å². The molecule has 0 aromatic rings. The van der Waals surface area contributed by atoms with Crippen molar-refractivity contribution in [2.24, 2.45) is 11.3 Å². The zero-order chi connectivity index (χ0) is 9.64. The molecule has 3 rings (SSSR count). The molecule has 1 fully saturated rings. The van der Waals surface area contributed by atoms with Crippen LogP contribution in [-0.4, -0.2) is 4.86 Å². The number of rotatable bonds is 2. The van der Waals surface area contributed by atoms with E-state index in [-0.39, 0.29) is 0 Å². The second-order valence-corrected chi connectivity index (χ2v) is 5.82. The topological polar surface area (TPSA) is 0 Å². The van der Waals surface area contributed by atoms with Crippen LogP contribution in [0, 0.1) is 11.3 Å². The van der Waals surface area contributed by atoms with Gasteiger partial charge in [-0.05, 0) is 48.8 Å². The van der Waals surface area contributed by atoms with Crippen LogP contribution in [0.4, 0.5) is 0 Å². The highest BCUT2D eigenvalue weighted by Crippen LogP contribution is 2.58. The first kappa shape index (κ1) is 9.39. The second kappa shape index (κ2) is 2.91. The van der Waals surface area contributed by atoms with E-state index >= 15 is 0 Å². The van der Waals surface area contributed by atoms with Gasteiger partial charge in [-0.1, -0.05) is 37.2 Å². The Labute approximate surface area is 86.4 Å². The van der Waals surface area contributed by atoms with Gasteiger partial charge in [0.1, 0.15) is 0 Å². The van der Waals surface area contributed by atoms with E-state index in [0.717, 1.165) is 17.2 Å². The standard InChI is InChI=1S/C12H18S/c1-8(13)6-9-4-5-10-7-11(9)12(10,2)3/h10H,4-7H2,1-3H3. The second-order valence-electron chi connectivity index (χ2n) is 5.12. The average Bonchev–Trinajstić information content (AvgIpc) is 2.03. The van der Waals surface area contributed by atoms with E-state index in [4.69, 9.17) is 12.2 Å². The Morgan fingerprint density at radius 2 is 2.23 bits per heavy atom. The molecule has 2 bridgehead atoms. The summed E-state index contributed by atoms with van der Waals surface area (Å²) < 4.78 is 0. The molecule has 0 aliphatic heterocycles. The Kier molecular flexibility index (Phi) is 2.10. The Balaban J connectivity index is 2.23. The molecule has 13 heavy (non-hydrogen) atoms. The maximum absolute atomic E-state index is 5.19. The van der Waals surface area contributed by atoms with Crippen molar-refractivity contribution >= 4 is 17.1 Å². The first-order chi connectivity index (χ1) is 6.01. The minimum atomic E-state index is 0.512. The van der Waals surface area contributed by atoms with Crippen LogP contribution >= 0.6 is 12.2 Å². The monoisotopic (exact) mass is 194 g/mol. The number of hydrogen-bond acceptors (Lipinski definition) is 1. The normalized spacial score (nSPS) is 29.9. The van der Waals surface area contributed by atoms with Gasteiger partial charge >= 0.3 is 0 Å². The molecule has 0 aromatic heterocycles. The molecule has 0 heterocycles. The lowest BCUT2D eigenvalue weighted by Crippen LogP contribution is -2.41. The lowest BCUT2D eigenvalue weighted by atomic mass is 9.52. The van der Waals surface area contributed by atoms with Crippen LogP contribution in [0.3, 0.4) is 0 Å². The number of fused-ring (bicyclic) bond motifs is 2. The van der Waals surface area contributed by atoms with Crippen LogP contribution in [-0.2, 0) is 0 Å². The largest absolute Gasteiger partial charge is 0.0896 e. The molecule has 0 aromatic carbocycles. The van der Waals surface area contributed by atoms with Gasteiger partial charge in [-0.2, -0.15) is 0 Å². The van der Waals surface area contributed by atoms with Crippen LogP contribution in [0.25, 0.3) is 0 Å². The molecule has 1 saturated carbocycles. The zero-order valence-corrected chi connectivity index (χ0v) is 9.63. The predicted octanol–water partition coefficient (Wildman–Crippen LogP) is 3.90. The Bertz CT molecular complexity index is 283. The van der Waals surface area contributed by atoms with Gasteiger partial charge in [0.2, 0.25) is 0 Å². The number of hydrogen-bond donors (Lipinski definition) is 0. The SMILES string of the molecule is CC(=S)CC1=C2CC(CC1)C2(C)C. The van der Waals surface area contributed by atoms with E-state index in [1.165, 1.54) is 19.3 Å². The summed E-state index contributed by atoms with van der Waals surface area (Å²) in [6.07, 6.45) is 5.16. The Morgan fingerprint density at radius 3 is 2.69 bits per heavy atom. The van der Waals surface area contributed by atoms with Crippen LogP contribution in [0.5, 0.6) is 0 Å². The van der Waals surface area contributed by atoms with Crippen LogP contribution < -0.4 is 0 Å². The molecule has 0 saturated heterocycles. The van der Waals surface area contributed by atoms with Crippen molar-refractivity contribution in [3.8, 4) is 0 Å².